The van der Waals surface area contributed by atoms with Gasteiger partial charge in [-0.2, -0.15) is 0 Å². The Hall–Kier alpha value is -2.17. The maximum atomic E-state index is 5.86. The van der Waals surface area contributed by atoms with Crippen molar-refractivity contribution < 1.29 is 4.74 Å². The van der Waals surface area contributed by atoms with Crippen LogP contribution in [0.15, 0.2) is 30.9 Å². The average Bonchev–Trinajstić information content (AvgIpc) is 2.48. The number of hydrogen-bond acceptors (Lipinski definition) is 5. The van der Waals surface area contributed by atoms with Gasteiger partial charge in [0.15, 0.2) is 0 Å². The van der Waals surface area contributed by atoms with Crippen LogP contribution in [-0.2, 0) is 12.8 Å². The van der Waals surface area contributed by atoms with Crippen LogP contribution in [-0.4, -0.2) is 21.6 Å². The molecule has 0 aliphatic rings. The van der Waals surface area contributed by atoms with Crippen LogP contribution in [0.2, 0.25) is 0 Å². The second-order valence-electron chi connectivity index (χ2n) is 4.60. The van der Waals surface area contributed by atoms with Crippen LogP contribution in [0.1, 0.15) is 30.9 Å². The van der Waals surface area contributed by atoms with Gasteiger partial charge in [0.2, 0.25) is 5.88 Å². The third-order valence-corrected chi connectivity index (χ3v) is 3.04. The van der Waals surface area contributed by atoms with Gasteiger partial charge in [0.25, 0.3) is 0 Å². The van der Waals surface area contributed by atoms with Crippen LogP contribution >= 0.6 is 0 Å². The van der Waals surface area contributed by atoms with Crippen LogP contribution in [0.4, 0.5) is 5.82 Å². The summed E-state index contributed by atoms with van der Waals surface area (Å²) >= 11 is 0. The lowest BCUT2D eigenvalue weighted by Crippen LogP contribution is -2.07. The van der Waals surface area contributed by atoms with Crippen LogP contribution in [0, 0.1) is 0 Å². The van der Waals surface area contributed by atoms with E-state index in [1.165, 1.54) is 11.9 Å². The van der Waals surface area contributed by atoms with Crippen molar-refractivity contribution in [2.24, 2.45) is 0 Å². The number of aryl methyl sites for hydroxylation is 1. The zero-order chi connectivity index (χ0) is 14.2. The SMILES string of the molecule is CCCc1c(N)ncnc1OCCCc1ccncc1. The number of aromatic nitrogens is 3. The molecule has 20 heavy (non-hydrogen) atoms. The second kappa shape index (κ2) is 7.43. The zero-order valence-corrected chi connectivity index (χ0v) is 11.7. The minimum absolute atomic E-state index is 0.519. The number of nitrogens with zero attached hydrogens (tertiary/aromatic N) is 3. The molecule has 0 saturated heterocycles. The van der Waals surface area contributed by atoms with Gasteiger partial charge >= 0.3 is 0 Å². The highest BCUT2D eigenvalue weighted by atomic mass is 16.5. The van der Waals surface area contributed by atoms with E-state index in [2.05, 4.69) is 21.9 Å². The van der Waals surface area contributed by atoms with Crippen LogP contribution < -0.4 is 10.5 Å². The van der Waals surface area contributed by atoms with E-state index in [-0.39, 0.29) is 0 Å². The molecule has 2 aromatic rings. The standard InChI is InChI=1S/C15H20N4O/c1-2-4-13-14(16)18-11-19-15(13)20-10-3-5-12-6-8-17-9-7-12/h6-9,11H,2-5,10H2,1H3,(H2,16,18,19). The quantitative estimate of drug-likeness (QED) is 0.783. The summed E-state index contributed by atoms with van der Waals surface area (Å²) in [5.41, 5.74) is 8.04. The van der Waals surface area contributed by atoms with Crippen molar-refractivity contribution >= 4 is 5.82 Å². The summed E-state index contributed by atoms with van der Waals surface area (Å²) in [5.74, 6) is 1.14. The molecule has 0 radical (unpaired) electrons. The van der Waals surface area contributed by atoms with Crippen molar-refractivity contribution in [3.63, 3.8) is 0 Å². The Morgan fingerprint density at radius 2 is 1.95 bits per heavy atom. The lowest BCUT2D eigenvalue weighted by Gasteiger charge is -2.11. The van der Waals surface area contributed by atoms with Crippen LogP contribution in [0.5, 0.6) is 5.88 Å². The van der Waals surface area contributed by atoms with Gasteiger partial charge in [-0.25, -0.2) is 9.97 Å². The predicted octanol–water partition coefficient (Wildman–Crippen LogP) is 2.42. The Balaban J connectivity index is 1.86. The van der Waals surface area contributed by atoms with Gasteiger partial charge in [-0.3, -0.25) is 4.98 Å². The molecule has 0 atom stereocenters. The summed E-state index contributed by atoms with van der Waals surface area (Å²) in [6, 6.07) is 4.04. The molecule has 2 aromatic heterocycles. The molecular formula is C15H20N4O. The van der Waals surface area contributed by atoms with Gasteiger partial charge in [0.1, 0.15) is 12.1 Å². The summed E-state index contributed by atoms with van der Waals surface area (Å²) in [5, 5.41) is 0. The Morgan fingerprint density at radius 3 is 2.70 bits per heavy atom. The molecule has 5 nitrogen and oxygen atoms in total. The highest BCUT2D eigenvalue weighted by Crippen LogP contribution is 2.21. The first kappa shape index (κ1) is 14.2. The van der Waals surface area contributed by atoms with Gasteiger partial charge in [-0.1, -0.05) is 13.3 Å². The van der Waals surface area contributed by atoms with Crippen molar-refractivity contribution in [2.45, 2.75) is 32.6 Å². The van der Waals surface area contributed by atoms with Crippen molar-refractivity contribution in [3.05, 3.63) is 42.0 Å². The molecule has 0 aromatic carbocycles. The minimum Gasteiger partial charge on any atom is -0.477 e. The lowest BCUT2D eigenvalue weighted by atomic mass is 10.1. The Morgan fingerprint density at radius 1 is 1.15 bits per heavy atom. The summed E-state index contributed by atoms with van der Waals surface area (Å²) in [7, 11) is 0. The first-order valence-electron chi connectivity index (χ1n) is 6.92. The van der Waals surface area contributed by atoms with Gasteiger partial charge < -0.3 is 10.5 Å². The van der Waals surface area contributed by atoms with E-state index in [1.807, 2.05) is 12.1 Å². The van der Waals surface area contributed by atoms with E-state index < -0.39 is 0 Å². The van der Waals surface area contributed by atoms with E-state index in [0.717, 1.165) is 31.2 Å². The van der Waals surface area contributed by atoms with Crippen LogP contribution in [0.25, 0.3) is 0 Å². The molecule has 0 fully saturated rings. The average molecular weight is 272 g/mol. The first-order valence-corrected chi connectivity index (χ1v) is 6.92. The van der Waals surface area contributed by atoms with Gasteiger partial charge in [-0.05, 0) is 37.0 Å². The predicted molar refractivity (Wildman–Crippen MR) is 78.5 cm³/mol. The molecule has 5 heteroatoms. The number of pyridine rings is 1. The van der Waals surface area contributed by atoms with Crippen molar-refractivity contribution in [3.8, 4) is 5.88 Å². The van der Waals surface area contributed by atoms with E-state index in [9.17, 15) is 0 Å². The molecule has 2 rings (SSSR count). The summed E-state index contributed by atoms with van der Waals surface area (Å²) in [6.07, 6.45) is 8.79. The monoisotopic (exact) mass is 272 g/mol. The lowest BCUT2D eigenvalue weighted by molar-refractivity contribution is 0.295. The molecule has 0 spiro atoms. The Labute approximate surface area is 119 Å². The zero-order valence-electron chi connectivity index (χ0n) is 11.7. The molecule has 0 aliphatic heterocycles. The second-order valence-corrected chi connectivity index (χ2v) is 4.60. The smallest absolute Gasteiger partial charge is 0.221 e. The molecule has 2 heterocycles. The highest BCUT2D eigenvalue weighted by molar-refractivity contribution is 5.44. The molecule has 0 bridgehead atoms. The van der Waals surface area contributed by atoms with Crippen molar-refractivity contribution in [1.29, 1.82) is 0 Å². The topological polar surface area (TPSA) is 73.9 Å². The normalized spacial score (nSPS) is 10.4. The fourth-order valence-corrected chi connectivity index (χ4v) is 2.01. The highest BCUT2D eigenvalue weighted by Gasteiger charge is 2.09. The summed E-state index contributed by atoms with van der Waals surface area (Å²) in [6.45, 7) is 2.72. The summed E-state index contributed by atoms with van der Waals surface area (Å²) in [4.78, 5) is 12.2. The number of anilines is 1. The minimum atomic E-state index is 0.519. The first-order chi connectivity index (χ1) is 9.81. The van der Waals surface area contributed by atoms with E-state index >= 15 is 0 Å². The fourth-order valence-electron chi connectivity index (χ4n) is 2.01. The fraction of sp³-hybridized carbons (Fsp3) is 0.400. The van der Waals surface area contributed by atoms with Gasteiger partial charge in [-0.15, -0.1) is 0 Å². The number of rotatable bonds is 7. The maximum Gasteiger partial charge on any atom is 0.221 e. The maximum absolute atomic E-state index is 5.86. The van der Waals surface area contributed by atoms with Crippen molar-refractivity contribution in [1.82, 2.24) is 15.0 Å². The van der Waals surface area contributed by atoms with Gasteiger partial charge in [0.05, 0.1) is 12.2 Å². The summed E-state index contributed by atoms with van der Waals surface area (Å²) < 4.78 is 5.75. The molecule has 0 unspecified atom stereocenters. The van der Waals surface area contributed by atoms with E-state index in [0.29, 0.717) is 18.3 Å². The number of nitrogens with two attached hydrogens (primary N) is 1. The third-order valence-electron chi connectivity index (χ3n) is 3.04. The molecule has 0 amide bonds. The largest absolute Gasteiger partial charge is 0.477 e. The Kier molecular flexibility index (Phi) is 5.29. The number of nitrogen functional groups attached to an aromatic ring is 1. The molecule has 2 N–H and O–H groups in total. The van der Waals surface area contributed by atoms with Gasteiger partial charge in [0, 0.05) is 12.4 Å². The molecule has 0 saturated carbocycles. The molecule has 106 valence electrons. The van der Waals surface area contributed by atoms with E-state index in [4.69, 9.17) is 10.5 Å². The van der Waals surface area contributed by atoms with E-state index in [1.54, 1.807) is 12.4 Å². The molecule has 0 aliphatic carbocycles. The number of ether oxygens (including phenoxy) is 1. The van der Waals surface area contributed by atoms with Crippen molar-refractivity contribution in [2.75, 3.05) is 12.3 Å². The number of hydrogen-bond donors (Lipinski definition) is 1. The Bertz CT molecular complexity index is 531. The molecular weight excluding hydrogens is 252 g/mol. The third kappa shape index (κ3) is 3.91. The van der Waals surface area contributed by atoms with Crippen LogP contribution in [0.3, 0.4) is 0 Å².